The monoisotopic (exact) mass is 928 g/mol. The molecule has 0 bridgehead atoms. The zero-order valence-corrected chi connectivity index (χ0v) is 36.7. The number of nitrogens with two attached hydrogens (primary N) is 2. The first-order valence-corrected chi connectivity index (χ1v) is 24.0. The summed E-state index contributed by atoms with van der Waals surface area (Å²) in [7, 11) is -4.66. The van der Waals surface area contributed by atoms with Crippen LogP contribution >= 0.6 is 7.82 Å². The molecule has 358 valence electrons. The molecule has 0 radical (unpaired) electrons. The van der Waals surface area contributed by atoms with E-state index in [1.165, 1.54) is 5.56 Å². The van der Waals surface area contributed by atoms with Crippen LogP contribution in [0.5, 0.6) is 5.75 Å². The number of aliphatic hydroxyl groups excluding tert-OH is 7. The summed E-state index contributed by atoms with van der Waals surface area (Å²) < 4.78 is 91.0. The number of unbranched alkanes of at least 4 members (excludes halogenated alkanes) is 6. The lowest BCUT2D eigenvalue weighted by molar-refractivity contribution is -0.284. The lowest BCUT2D eigenvalue weighted by Crippen LogP contribution is -2.50. The first kappa shape index (κ1) is 55.9. The van der Waals surface area contributed by atoms with Crippen LogP contribution in [-0.2, 0) is 22.2 Å². The Morgan fingerprint density at radius 3 is 1.80 bits per heavy atom. The van der Waals surface area contributed by atoms with Crippen LogP contribution in [0, 0.1) is 23.2 Å². The summed E-state index contributed by atoms with van der Waals surface area (Å²) in [5.74, 6) is -2.70. The van der Waals surface area contributed by atoms with Crippen molar-refractivity contribution in [2.75, 3.05) is 51.1 Å². The van der Waals surface area contributed by atoms with Gasteiger partial charge in [0.2, 0.25) is 0 Å². The number of benzene rings is 1. The van der Waals surface area contributed by atoms with E-state index >= 15 is 0 Å². The zero-order chi connectivity index (χ0) is 46.3. The number of halogens is 5. The minimum atomic E-state index is -5.56. The van der Waals surface area contributed by atoms with E-state index in [1.807, 2.05) is 6.07 Å². The molecule has 7 atom stereocenters. The summed E-state index contributed by atoms with van der Waals surface area (Å²) in [6.07, 6.45) is 4.72. The van der Waals surface area contributed by atoms with Crippen LogP contribution in [0.4, 0.5) is 22.0 Å². The van der Waals surface area contributed by atoms with E-state index in [4.69, 9.17) is 46.6 Å². The van der Waals surface area contributed by atoms with E-state index in [1.54, 1.807) is 12.1 Å². The van der Waals surface area contributed by atoms with Crippen molar-refractivity contribution in [1.29, 1.82) is 0 Å². The Morgan fingerprint density at radius 1 is 0.803 bits per heavy atom. The van der Waals surface area contributed by atoms with Gasteiger partial charge in [-0.05, 0) is 110 Å². The topological polar surface area (TPSA) is 283 Å². The standard InChI is InChI=1S/C32H48F5O6PS.2C4H11NO3/c1-30-17-15-26-25-12-11-24(43-44(39,40)41)21-23(25)20-22(29(26)27(30)13-14-28(30)38)10-7-5-3-2-4-6-8-18-45(42)19-9-16-31(33,34)32(35,36)37;2*5-4(1-6,2-7)3-8/h11-12,21-22,26-29,38H,2-10,13-20H2,1H3,(H2,39,40,41);2*6-8H,1-3,5H2/t22-,26-,27+,28+,29-,30+,45?;;/m1../s1. The molecule has 0 amide bonds. The number of aliphatic hydroxyl groups is 7. The highest BCUT2D eigenvalue weighted by Crippen LogP contribution is 2.63. The number of hydrogen-bond acceptors (Lipinski definition) is 12. The van der Waals surface area contributed by atoms with Gasteiger partial charge in [-0.15, -0.1) is 0 Å². The highest BCUT2D eigenvalue weighted by Gasteiger charge is 2.57. The fourth-order valence-corrected chi connectivity index (χ4v) is 10.4. The van der Waals surface area contributed by atoms with Crippen LogP contribution < -0.4 is 16.0 Å². The number of phosphoric ester groups is 1. The highest BCUT2D eigenvalue weighted by molar-refractivity contribution is 7.91. The first-order valence-electron chi connectivity index (χ1n) is 21.0. The Labute approximate surface area is 358 Å². The Hall–Kier alpha value is -1.23. The third-order valence-electron chi connectivity index (χ3n) is 12.7. The van der Waals surface area contributed by atoms with Crippen LogP contribution in [0.15, 0.2) is 18.2 Å². The van der Waals surface area contributed by atoms with E-state index < -0.39 is 94.7 Å². The Kier molecular flexibility index (Phi) is 22.8. The molecule has 21 heteroatoms. The normalized spacial score (nSPS) is 24.7. The summed E-state index contributed by atoms with van der Waals surface area (Å²) in [5.41, 5.74) is 10.1. The van der Waals surface area contributed by atoms with Gasteiger partial charge in [0, 0.05) is 6.42 Å². The van der Waals surface area contributed by atoms with Gasteiger partial charge in [0.05, 0.1) is 56.8 Å². The van der Waals surface area contributed by atoms with Crippen molar-refractivity contribution in [3.8, 4) is 5.75 Å². The fourth-order valence-electron chi connectivity index (χ4n) is 8.77. The van der Waals surface area contributed by atoms with Crippen molar-refractivity contribution in [3.05, 3.63) is 29.3 Å². The summed E-state index contributed by atoms with van der Waals surface area (Å²) in [6, 6.07) is 5.42. The van der Waals surface area contributed by atoms with Crippen molar-refractivity contribution in [3.63, 3.8) is 0 Å². The van der Waals surface area contributed by atoms with Crippen LogP contribution in [-0.4, -0.2) is 131 Å². The molecule has 1 aromatic rings. The number of phosphoric acid groups is 1. The van der Waals surface area contributed by atoms with Gasteiger partial charge in [0.15, 0.2) is 0 Å². The van der Waals surface area contributed by atoms with Crippen molar-refractivity contribution in [1.82, 2.24) is 0 Å². The Morgan fingerprint density at radius 2 is 1.31 bits per heavy atom. The quantitative estimate of drug-likeness (QED) is 0.0342. The summed E-state index contributed by atoms with van der Waals surface area (Å²) in [5, 5.41) is 60.9. The summed E-state index contributed by atoms with van der Waals surface area (Å²) in [6.45, 7) is -0.170. The molecule has 0 spiro atoms. The first-order chi connectivity index (χ1) is 28.4. The minimum Gasteiger partial charge on any atom is -0.616 e. The van der Waals surface area contributed by atoms with Crippen LogP contribution in [0.25, 0.3) is 0 Å². The van der Waals surface area contributed by atoms with Crippen molar-refractivity contribution < 1.29 is 81.1 Å². The molecular weight excluding hydrogens is 858 g/mol. The molecule has 2 fully saturated rings. The van der Waals surface area contributed by atoms with Crippen LogP contribution in [0.3, 0.4) is 0 Å². The van der Waals surface area contributed by atoms with E-state index in [-0.39, 0.29) is 23.0 Å². The van der Waals surface area contributed by atoms with Gasteiger partial charge in [-0.25, -0.2) is 4.57 Å². The second-order valence-electron chi connectivity index (χ2n) is 17.4. The molecular formula is C40H70F5N2O12PS. The highest BCUT2D eigenvalue weighted by atomic mass is 32.2. The average Bonchev–Trinajstić information content (AvgIpc) is 3.51. The summed E-state index contributed by atoms with van der Waals surface area (Å²) >= 11 is -1.39. The molecule has 0 heterocycles. The Bertz CT molecular complexity index is 1440. The third kappa shape index (κ3) is 16.9. The molecule has 1 unspecified atom stereocenters. The largest absolute Gasteiger partial charge is 0.616 e. The van der Waals surface area contributed by atoms with E-state index in [0.29, 0.717) is 35.8 Å². The predicted molar refractivity (Wildman–Crippen MR) is 220 cm³/mol. The SMILES string of the molecule is C[C@]12CC[C@@H]3c4ccc(OP(=O)(O)O)cc4C[C@@H](CCCCCCCCC[S+]([O-])CCCC(F)(F)C(F)(F)F)[C@H]3[C@@H]1CC[C@@H]2O.NC(CO)(CO)CO.NC(CO)(CO)CO. The molecule has 0 saturated heterocycles. The van der Waals surface area contributed by atoms with Crippen molar-refractivity contribution in [2.24, 2.45) is 34.6 Å². The lowest BCUT2D eigenvalue weighted by atomic mass is 9.52. The molecule has 2 saturated carbocycles. The van der Waals surface area contributed by atoms with Crippen LogP contribution in [0.1, 0.15) is 114 Å². The number of hydrogen-bond donors (Lipinski definition) is 11. The zero-order valence-electron chi connectivity index (χ0n) is 35.0. The molecule has 14 nitrogen and oxygen atoms in total. The number of alkyl halides is 5. The smallest absolute Gasteiger partial charge is 0.524 e. The minimum absolute atomic E-state index is 0.0712. The van der Waals surface area contributed by atoms with Gasteiger partial charge in [-0.1, -0.05) is 56.3 Å². The molecule has 1 aromatic carbocycles. The second-order valence-corrected chi connectivity index (χ2v) is 20.3. The average molecular weight is 929 g/mol. The lowest BCUT2D eigenvalue weighted by Gasteiger charge is -2.53. The molecule has 13 N–H and O–H groups in total. The van der Waals surface area contributed by atoms with Crippen LogP contribution in [0.2, 0.25) is 0 Å². The van der Waals surface area contributed by atoms with Gasteiger partial charge in [-0.2, -0.15) is 22.0 Å². The fraction of sp³-hybridized carbons (Fsp3) is 0.850. The van der Waals surface area contributed by atoms with Gasteiger partial charge < -0.3 is 56.3 Å². The maximum Gasteiger partial charge on any atom is 0.524 e. The summed E-state index contributed by atoms with van der Waals surface area (Å²) in [4.78, 5) is 18.6. The number of rotatable bonds is 22. The molecule has 0 aromatic heterocycles. The van der Waals surface area contributed by atoms with Crippen molar-refractivity contribution in [2.45, 2.75) is 138 Å². The maximum absolute atomic E-state index is 13.0. The predicted octanol–water partition coefficient (Wildman–Crippen LogP) is 3.77. The van der Waals surface area contributed by atoms with Gasteiger partial charge in [-0.3, -0.25) is 9.79 Å². The Balaban J connectivity index is 0.000000675. The van der Waals surface area contributed by atoms with Crippen molar-refractivity contribution >= 4 is 19.0 Å². The molecule has 61 heavy (non-hydrogen) atoms. The van der Waals surface area contributed by atoms with Gasteiger partial charge in [0.25, 0.3) is 0 Å². The van der Waals surface area contributed by atoms with E-state index in [0.717, 1.165) is 82.6 Å². The molecule has 0 aliphatic heterocycles. The van der Waals surface area contributed by atoms with E-state index in [9.17, 15) is 46.0 Å². The number of fused-ring (bicyclic) bond motifs is 5. The second kappa shape index (κ2) is 24.9. The van der Waals surface area contributed by atoms with E-state index in [2.05, 4.69) is 6.92 Å². The van der Waals surface area contributed by atoms with Gasteiger partial charge >= 0.3 is 19.9 Å². The third-order valence-corrected chi connectivity index (χ3v) is 14.6. The molecule has 4 rings (SSSR count). The molecule has 3 aliphatic carbocycles. The van der Waals surface area contributed by atoms with Gasteiger partial charge in [0.1, 0.15) is 17.3 Å². The maximum atomic E-state index is 13.0. The molecule has 3 aliphatic rings.